The predicted molar refractivity (Wildman–Crippen MR) is 79.6 cm³/mol. The fraction of sp³-hybridized carbons (Fsp3) is 0.615. The van der Waals surface area contributed by atoms with Gasteiger partial charge in [-0.1, -0.05) is 13.8 Å². The van der Waals surface area contributed by atoms with Crippen molar-refractivity contribution < 1.29 is 0 Å². The molecule has 2 aromatic rings. The smallest absolute Gasteiger partial charge is 0.224 e. The second kappa shape index (κ2) is 5.24. The fourth-order valence-electron chi connectivity index (χ4n) is 3.05. The van der Waals surface area contributed by atoms with Gasteiger partial charge < -0.3 is 10.6 Å². The minimum absolute atomic E-state index is 0.294. The third-order valence-corrected chi connectivity index (χ3v) is 4.10. The van der Waals surface area contributed by atoms with Crippen LogP contribution in [0.25, 0.3) is 11.0 Å². The number of hydrogen-bond acceptors (Lipinski definition) is 6. The molecule has 7 nitrogen and oxygen atoms in total. The molecule has 0 spiro atoms. The number of rotatable bonds is 4. The molecule has 1 fully saturated rings. The highest BCUT2D eigenvalue weighted by molar-refractivity contribution is 5.87. The van der Waals surface area contributed by atoms with Crippen LogP contribution < -0.4 is 10.6 Å². The van der Waals surface area contributed by atoms with Crippen LogP contribution in [0.2, 0.25) is 0 Å². The highest BCUT2D eigenvalue weighted by atomic mass is 15.3. The SMILES string of the molecule is CCN(CC)C1CCN(c2nc(N)nc3[nH]ncc23)C1. The summed E-state index contributed by atoms with van der Waals surface area (Å²) in [5.41, 5.74) is 6.50. The van der Waals surface area contributed by atoms with E-state index in [0.717, 1.165) is 43.8 Å². The van der Waals surface area contributed by atoms with Gasteiger partial charge in [0.25, 0.3) is 0 Å². The summed E-state index contributed by atoms with van der Waals surface area (Å²) in [5, 5.41) is 7.85. The molecule has 1 aliphatic heterocycles. The Bertz CT molecular complexity index is 589. The molecule has 3 rings (SSSR count). The van der Waals surface area contributed by atoms with Crippen molar-refractivity contribution in [1.82, 2.24) is 25.1 Å². The van der Waals surface area contributed by atoms with E-state index in [2.05, 4.69) is 43.8 Å². The Balaban J connectivity index is 1.87. The third-order valence-electron chi connectivity index (χ3n) is 4.10. The van der Waals surface area contributed by atoms with Crippen molar-refractivity contribution in [3.05, 3.63) is 6.20 Å². The van der Waals surface area contributed by atoms with Crippen LogP contribution >= 0.6 is 0 Å². The molecule has 0 amide bonds. The van der Waals surface area contributed by atoms with Crippen LogP contribution in [0, 0.1) is 0 Å². The molecular formula is C13H21N7. The van der Waals surface area contributed by atoms with Crippen LogP contribution in [0.1, 0.15) is 20.3 Å². The average molecular weight is 275 g/mol. The summed E-state index contributed by atoms with van der Waals surface area (Å²) in [6, 6.07) is 0.586. The van der Waals surface area contributed by atoms with E-state index < -0.39 is 0 Å². The van der Waals surface area contributed by atoms with Gasteiger partial charge in [0, 0.05) is 19.1 Å². The number of nitrogens with zero attached hydrogens (tertiary/aromatic N) is 5. The molecule has 0 saturated carbocycles. The lowest BCUT2D eigenvalue weighted by Gasteiger charge is -2.26. The maximum absolute atomic E-state index is 5.79. The number of anilines is 2. The Morgan fingerprint density at radius 2 is 2.20 bits per heavy atom. The summed E-state index contributed by atoms with van der Waals surface area (Å²) in [6.07, 6.45) is 2.93. The zero-order chi connectivity index (χ0) is 14.1. The van der Waals surface area contributed by atoms with Crippen molar-refractivity contribution in [2.45, 2.75) is 26.3 Å². The van der Waals surface area contributed by atoms with Gasteiger partial charge >= 0.3 is 0 Å². The van der Waals surface area contributed by atoms with Gasteiger partial charge in [0.15, 0.2) is 5.65 Å². The van der Waals surface area contributed by atoms with Crippen LogP contribution in [-0.2, 0) is 0 Å². The summed E-state index contributed by atoms with van der Waals surface area (Å²) < 4.78 is 0. The number of nitrogens with one attached hydrogen (secondary N) is 1. The molecule has 0 aliphatic carbocycles. The molecule has 0 radical (unpaired) electrons. The van der Waals surface area contributed by atoms with Crippen LogP contribution in [-0.4, -0.2) is 57.3 Å². The van der Waals surface area contributed by atoms with Crippen molar-refractivity contribution in [3.8, 4) is 0 Å². The Hall–Kier alpha value is -1.89. The van der Waals surface area contributed by atoms with E-state index in [-0.39, 0.29) is 0 Å². The topological polar surface area (TPSA) is 87.0 Å². The third kappa shape index (κ3) is 2.18. The lowest BCUT2D eigenvalue weighted by Crippen LogP contribution is -2.37. The van der Waals surface area contributed by atoms with Gasteiger partial charge in [-0.2, -0.15) is 15.1 Å². The van der Waals surface area contributed by atoms with Gasteiger partial charge in [-0.25, -0.2) is 0 Å². The maximum atomic E-state index is 5.79. The zero-order valence-electron chi connectivity index (χ0n) is 12.0. The van der Waals surface area contributed by atoms with Crippen LogP contribution in [0.3, 0.4) is 0 Å². The van der Waals surface area contributed by atoms with E-state index in [1.165, 1.54) is 0 Å². The summed E-state index contributed by atoms with van der Waals surface area (Å²) in [6.45, 7) is 8.58. The second-order valence-corrected chi connectivity index (χ2v) is 5.15. The number of likely N-dealkylation sites (N-methyl/N-ethyl adjacent to an activating group) is 1. The van der Waals surface area contributed by atoms with Crippen molar-refractivity contribution in [2.24, 2.45) is 0 Å². The van der Waals surface area contributed by atoms with Gasteiger partial charge in [0.2, 0.25) is 5.95 Å². The number of aromatic amines is 1. The summed E-state index contributed by atoms with van der Waals surface area (Å²) in [4.78, 5) is 13.4. The standard InChI is InChI=1S/C13H21N7/c1-3-19(4-2)9-5-6-20(8-9)12-10-7-15-18-11(10)16-13(14)17-12/h7,9H,3-6,8H2,1-2H3,(H3,14,15,16,17,18). The molecular weight excluding hydrogens is 254 g/mol. The molecule has 0 aromatic carbocycles. The number of H-pyrrole nitrogens is 1. The maximum Gasteiger partial charge on any atom is 0.224 e. The van der Waals surface area contributed by atoms with Crippen LogP contribution in [0.15, 0.2) is 6.20 Å². The van der Waals surface area contributed by atoms with Gasteiger partial charge in [-0.3, -0.25) is 10.00 Å². The van der Waals surface area contributed by atoms with E-state index >= 15 is 0 Å². The van der Waals surface area contributed by atoms with Gasteiger partial charge in [0.05, 0.1) is 11.6 Å². The quantitative estimate of drug-likeness (QED) is 0.860. The first-order chi connectivity index (χ1) is 9.72. The van der Waals surface area contributed by atoms with Gasteiger partial charge in [-0.05, 0) is 19.5 Å². The minimum Gasteiger partial charge on any atom is -0.368 e. The van der Waals surface area contributed by atoms with E-state index in [9.17, 15) is 0 Å². The fourth-order valence-corrected chi connectivity index (χ4v) is 3.05. The highest BCUT2D eigenvalue weighted by Gasteiger charge is 2.28. The van der Waals surface area contributed by atoms with Crippen molar-refractivity contribution in [2.75, 3.05) is 36.8 Å². The molecule has 1 atom stereocenters. The van der Waals surface area contributed by atoms with Crippen molar-refractivity contribution >= 4 is 22.8 Å². The van der Waals surface area contributed by atoms with Gasteiger partial charge in [0.1, 0.15) is 5.82 Å². The highest BCUT2D eigenvalue weighted by Crippen LogP contribution is 2.27. The number of fused-ring (bicyclic) bond motifs is 1. The monoisotopic (exact) mass is 275 g/mol. The second-order valence-electron chi connectivity index (χ2n) is 5.15. The molecule has 3 heterocycles. The molecule has 20 heavy (non-hydrogen) atoms. The molecule has 1 saturated heterocycles. The Morgan fingerprint density at radius 1 is 1.40 bits per heavy atom. The molecule has 108 valence electrons. The number of hydrogen-bond donors (Lipinski definition) is 2. The summed E-state index contributed by atoms with van der Waals surface area (Å²) >= 11 is 0. The molecule has 1 aliphatic rings. The van der Waals surface area contributed by atoms with E-state index in [4.69, 9.17) is 5.73 Å². The largest absolute Gasteiger partial charge is 0.368 e. The predicted octanol–water partition coefficient (Wildman–Crippen LogP) is 0.856. The Labute approximate surface area is 118 Å². The van der Waals surface area contributed by atoms with Gasteiger partial charge in [-0.15, -0.1) is 0 Å². The van der Waals surface area contributed by atoms with E-state index in [1.54, 1.807) is 6.20 Å². The number of aromatic nitrogens is 4. The molecule has 3 N–H and O–H groups in total. The number of nitrogen functional groups attached to an aromatic ring is 1. The Kier molecular flexibility index (Phi) is 3.43. The van der Waals surface area contributed by atoms with E-state index in [1.807, 2.05) is 0 Å². The summed E-state index contributed by atoms with van der Waals surface area (Å²) in [7, 11) is 0. The first-order valence-electron chi connectivity index (χ1n) is 7.18. The first kappa shape index (κ1) is 13.1. The molecule has 7 heteroatoms. The normalized spacial score (nSPS) is 19.4. The van der Waals surface area contributed by atoms with Crippen molar-refractivity contribution in [3.63, 3.8) is 0 Å². The zero-order valence-corrected chi connectivity index (χ0v) is 12.0. The van der Waals surface area contributed by atoms with Crippen LogP contribution in [0.4, 0.5) is 11.8 Å². The molecule has 2 aromatic heterocycles. The lowest BCUT2D eigenvalue weighted by atomic mass is 10.2. The number of nitrogens with two attached hydrogens (primary N) is 1. The minimum atomic E-state index is 0.294. The molecule has 1 unspecified atom stereocenters. The summed E-state index contributed by atoms with van der Waals surface area (Å²) in [5.74, 6) is 1.19. The average Bonchev–Trinajstić information content (AvgIpc) is 3.08. The van der Waals surface area contributed by atoms with E-state index in [0.29, 0.717) is 17.6 Å². The molecule has 0 bridgehead atoms. The van der Waals surface area contributed by atoms with Crippen molar-refractivity contribution in [1.29, 1.82) is 0 Å². The lowest BCUT2D eigenvalue weighted by molar-refractivity contribution is 0.232. The first-order valence-corrected chi connectivity index (χ1v) is 7.18. The Morgan fingerprint density at radius 3 is 2.95 bits per heavy atom. The van der Waals surface area contributed by atoms with Crippen LogP contribution in [0.5, 0.6) is 0 Å².